The van der Waals surface area contributed by atoms with Crippen LogP contribution in [0.15, 0.2) is 42.7 Å². The minimum absolute atomic E-state index is 0.232. The average molecular weight is 486 g/mol. The summed E-state index contributed by atoms with van der Waals surface area (Å²) in [6, 6.07) is 9.14. The molecule has 1 saturated carbocycles. The van der Waals surface area contributed by atoms with Crippen molar-refractivity contribution >= 4 is 45.5 Å². The Morgan fingerprint density at radius 1 is 1.21 bits per heavy atom. The van der Waals surface area contributed by atoms with Crippen LogP contribution < -0.4 is 20.4 Å². The molecule has 34 heavy (non-hydrogen) atoms. The molecule has 11 nitrogen and oxygen atoms in total. The number of nitrogens with one attached hydrogen (secondary N) is 3. The van der Waals surface area contributed by atoms with Gasteiger partial charge in [-0.3, -0.25) is 18.6 Å². The highest BCUT2D eigenvalue weighted by atomic mass is 32.2. The number of pyridine rings is 1. The lowest BCUT2D eigenvalue weighted by Crippen LogP contribution is -2.25. The van der Waals surface area contributed by atoms with Crippen molar-refractivity contribution < 1.29 is 18.0 Å². The van der Waals surface area contributed by atoms with Gasteiger partial charge in [0.05, 0.1) is 35.4 Å². The van der Waals surface area contributed by atoms with Gasteiger partial charge < -0.3 is 10.6 Å². The third-order valence-electron chi connectivity index (χ3n) is 5.47. The van der Waals surface area contributed by atoms with Gasteiger partial charge in [-0.2, -0.15) is 5.10 Å². The maximum atomic E-state index is 12.7. The molecule has 0 saturated heterocycles. The van der Waals surface area contributed by atoms with Crippen LogP contribution in [0.5, 0.6) is 0 Å². The quantitative estimate of drug-likeness (QED) is 0.255. The van der Waals surface area contributed by atoms with Gasteiger partial charge in [-0.15, -0.1) is 0 Å². The van der Waals surface area contributed by atoms with Crippen molar-refractivity contribution in [3.05, 3.63) is 53.9 Å². The summed E-state index contributed by atoms with van der Waals surface area (Å²) in [5.74, 6) is 1.15. The van der Waals surface area contributed by atoms with E-state index in [1.54, 1.807) is 37.0 Å². The Bertz CT molecular complexity index is 1260. The van der Waals surface area contributed by atoms with E-state index in [0.29, 0.717) is 41.2 Å². The molecular formula is C22H27N7O4S. The van der Waals surface area contributed by atoms with E-state index in [2.05, 4.69) is 26.2 Å². The average Bonchev–Trinajstić information content (AvgIpc) is 3.60. The van der Waals surface area contributed by atoms with Gasteiger partial charge in [0.1, 0.15) is 11.6 Å². The van der Waals surface area contributed by atoms with E-state index < -0.39 is 16.8 Å². The van der Waals surface area contributed by atoms with Crippen molar-refractivity contribution in [2.45, 2.75) is 25.7 Å². The van der Waals surface area contributed by atoms with Crippen LogP contribution >= 0.6 is 0 Å². The standard InChI is InChI=1S/C22H27N7O4S/c1-4-33-27-22(30)16-13-23-20(26-21-9-10-24-28(21)2)12-18(16)25-17-8-7-15(14-5-6-14)11-19(17)29(3)34(31)32/h7-14,34H,4-6H2,1-3H3,(H,27,30)(H2,23,25,26). The van der Waals surface area contributed by atoms with Crippen molar-refractivity contribution in [3.8, 4) is 0 Å². The number of hydrogen-bond donors (Lipinski definition) is 4. The van der Waals surface area contributed by atoms with Gasteiger partial charge in [-0.25, -0.2) is 18.9 Å². The van der Waals surface area contributed by atoms with Crippen molar-refractivity contribution in [2.75, 3.05) is 28.6 Å². The number of rotatable bonds is 10. The second-order valence-corrected chi connectivity index (χ2v) is 8.96. The molecule has 4 rings (SSSR count). The maximum absolute atomic E-state index is 12.7. The Labute approximate surface area is 199 Å². The van der Waals surface area contributed by atoms with Crippen molar-refractivity contribution in [3.63, 3.8) is 0 Å². The predicted octanol–water partition coefficient (Wildman–Crippen LogP) is 2.82. The third kappa shape index (κ3) is 5.29. The molecule has 1 aliphatic rings. The van der Waals surface area contributed by atoms with Crippen LogP contribution in [0.2, 0.25) is 0 Å². The van der Waals surface area contributed by atoms with E-state index in [0.717, 1.165) is 18.4 Å². The first-order valence-corrected chi connectivity index (χ1v) is 12.0. The topological polar surface area (TPSA) is 130 Å². The van der Waals surface area contributed by atoms with Gasteiger partial charge >= 0.3 is 0 Å². The molecule has 0 aliphatic heterocycles. The van der Waals surface area contributed by atoms with Gasteiger partial charge in [0.2, 0.25) is 10.9 Å². The fourth-order valence-electron chi connectivity index (χ4n) is 3.45. The van der Waals surface area contributed by atoms with Gasteiger partial charge in [0.15, 0.2) is 0 Å². The number of hydroxylamine groups is 1. The second-order valence-electron chi connectivity index (χ2n) is 7.88. The summed E-state index contributed by atoms with van der Waals surface area (Å²) in [7, 11) is 0.438. The van der Waals surface area contributed by atoms with Crippen LogP contribution in [0.3, 0.4) is 0 Å². The number of aryl methyl sites for hydroxylation is 1. The lowest BCUT2D eigenvalue weighted by atomic mass is 10.1. The highest BCUT2D eigenvalue weighted by Crippen LogP contribution is 2.43. The summed E-state index contributed by atoms with van der Waals surface area (Å²) < 4.78 is 26.4. The van der Waals surface area contributed by atoms with Crippen molar-refractivity contribution in [2.24, 2.45) is 7.05 Å². The summed E-state index contributed by atoms with van der Waals surface area (Å²) in [6.07, 6.45) is 5.26. The van der Waals surface area contributed by atoms with Crippen LogP contribution in [0.25, 0.3) is 0 Å². The van der Waals surface area contributed by atoms with Gasteiger partial charge in [0, 0.05) is 32.4 Å². The molecule has 180 valence electrons. The molecule has 2 aromatic heterocycles. The SMILES string of the molecule is CCONC(=O)c1cnc(Nc2ccnn2C)cc1Nc1ccc(C2CC2)cc1N(C)[SH](=O)=O. The number of carbonyl (C=O) groups is 1. The lowest BCUT2D eigenvalue weighted by molar-refractivity contribution is 0.0365. The highest BCUT2D eigenvalue weighted by molar-refractivity contribution is 7.74. The van der Waals surface area contributed by atoms with Crippen LogP contribution in [0.4, 0.5) is 28.7 Å². The molecule has 1 amide bonds. The molecular weight excluding hydrogens is 458 g/mol. The smallest absolute Gasteiger partial charge is 0.278 e. The van der Waals surface area contributed by atoms with E-state index in [1.807, 2.05) is 18.2 Å². The van der Waals surface area contributed by atoms with E-state index >= 15 is 0 Å². The number of anilines is 5. The van der Waals surface area contributed by atoms with Crippen LogP contribution in [-0.2, 0) is 22.8 Å². The van der Waals surface area contributed by atoms with E-state index in [1.165, 1.54) is 17.5 Å². The molecule has 1 aliphatic carbocycles. The fourth-order valence-corrected chi connectivity index (χ4v) is 3.80. The third-order valence-corrected chi connectivity index (χ3v) is 6.17. The van der Waals surface area contributed by atoms with E-state index in [4.69, 9.17) is 4.84 Å². The summed E-state index contributed by atoms with van der Waals surface area (Å²) in [5, 5.41) is 10.5. The maximum Gasteiger partial charge on any atom is 0.278 e. The number of thiol groups is 1. The number of hydrogen-bond acceptors (Lipinski definition) is 8. The summed E-state index contributed by atoms with van der Waals surface area (Å²) in [5.41, 5.74) is 5.15. The molecule has 1 aromatic carbocycles. The van der Waals surface area contributed by atoms with Gasteiger partial charge in [-0.1, -0.05) is 6.07 Å². The molecule has 0 spiro atoms. The molecule has 12 heteroatoms. The fraction of sp³-hybridized carbons (Fsp3) is 0.318. The molecule has 3 aromatic rings. The molecule has 1 fully saturated rings. The van der Waals surface area contributed by atoms with Crippen LogP contribution in [0, 0.1) is 0 Å². The highest BCUT2D eigenvalue weighted by Gasteiger charge is 2.25. The number of nitrogens with zero attached hydrogens (tertiary/aromatic N) is 4. The van der Waals surface area contributed by atoms with Gasteiger partial charge in [-0.05, 0) is 43.4 Å². The van der Waals surface area contributed by atoms with Gasteiger partial charge in [0.25, 0.3) is 5.91 Å². The molecule has 0 radical (unpaired) electrons. The monoisotopic (exact) mass is 485 g/mol. The van der Waals surface area contributed by atoms with Crippen LogP contribution in [-0.4, -0.2) is 42.7 Å². The Hall–Kier alpha value is -3.64. The molecule has 2 heterocycles. The largest absolute Gasteiger partial charge is 0.353 e. The zero-order valence-electron chi connectivity index (χ0n) is 19.1. The predicted molar refractivity (Wildman–Crippen MR) is 130 cm³/mol. The summed E-state index contributed by atoms with van der Waals surface area (Å²) in [4.78, 5) is 22.1. The number of aromatic nitrogens is 3. The zero-order chi connectivity index (χ0) is 24.2. The Balaban J connectivity index is 1.73. The number of carbonyl (C=O) groups excluding carboxylic acids is 1. The first-order valence-electron chi connectivity index (χ1n) is 10.8. The molecule has 0 atom stereocenters. The summed E-state index contributed by atoms with van der Waals surface area (Å²) in [6.45, 7) is 2.06. The molecule has 0 bridgehead atoms. The van der Waals surface area contributed by atoms with E-state index in [9.17, 15) is 13.2 Å². The molecule has 3 N–H and O–H groups in total. The number of amides is 1. The van der Waals surface area contributed by atoms with Crippen molar-refractivity contribution in [1.29, 1.82) is 0 Å². The Morgan fingerprint density at radius 2 is 2.00 bits per heavy atom. The van der Waals surface area contributed by atoms with Crippen LogP contribution in [0.1, 0.15) is 41.6 Å². The molecule has 0 unspecified atom stereocenters. The first kappa shape index (κ1) is 23.5. The summed E-state index contributed by atoms with van der Waals surface area (Å²) >= 11 is 0. The minimum atomic E-state index is -2.85. The lowest BCUT2D eigenvalue weighted by Gasteiger charge is -2.20. The first-order chi connectivity index (χ1) is 16.4. The Morgan fingerprint density at radius 3 is 2.65 bits per heavy atom. The van der Waals surface area contributed by atoms with Crippen molar-refractivity contribution in [1.82, 2.24) is 20.2 Å². The minimum Gasteiger partial charge on any atom is -0.353 e. The second kappa shape index (κ2) is 10.1. The van der Waals surface area contributed by atoms with E-state index in [-0.39, 0.29) is 5.56 Å². The normalized spacial score (nSPS) is 13.1. The zero-order valence-corrected chi connectivity index (χ0v) is 20.0. The Kier molecular flexibility index (Phi) is 6.98. The number of benzene rings is 1.